The van der Waals surface area contributed by atoms with Crippen LogP contribution in [0.1, 0.15) is 34.7 Å². The van der Waals surface area contributed by atoms with E-state index in [4.69, 9.17) is 0 Å². The summed E-state index contributed by atoms with van der Waals surface area (Å²) < 4.78 is 1.29. The Labute approximate surface area is 145 Å². The van der Waals surface area contributed by atoms with E-state index in [1.165, 1.54) is 16.8 Å². The van der Waals surface area contributed by atoms with Crippen molar-refractivity contribution in [2.24, 2.45) is 0 Å². The van der Waals surface area contributed by atoms with E-state index in [-0.39, 0.29) is 23.2 Å². The minimum Gasteiger partial charge on any atom is -0.343 e. The molecule has 0 spiro atoms. The van der Waals surface area contributed by atoms with Crippen molar-refractivity contribution in [3.8, 4) is 0 Å². The second-order valence-corrected chi connectivity index (χ2v) is 5.65. The maximum Gasteiger partial charge on any atom is 0.272 e. The minimum atomic E-state index is -0.347. The van der Waals surface area contributed by atoms with Crippen LogP contribution >= 0.6 is 0 Å². The molecule has 2 heterocycles. The summed E-state index contributed by atoms with van der Waals surface area (Å²) >= 11 is 0. The van der Waals surface area contributed by atoms with Crippen molar-refractivity contribution in [3.63, 3.8) is 0 Å². The molecule has 126 valence electrons. The molecule has 6 nitrogen and oxygen atoms in total. The van der Waals surface area contributed by atoms with E-state index in [2.05, 4.69) is 15.4 Å². The van der Waals surface area contributed by atoms with Gasteiger partial charge in [-0.15, -0.1) is 0 Å². The van der Waals surface area contributed by atoms with Gasteiger partial charge in [0.15, 0.2) is 0 Å². The molecule has 3 aromatic rings. The molecular weight excluding hydrogens is 316 g/mol. The molecule has 0 bridgehead atoms. The van der Waals surface area contributed by atoms with Gasteiger partial charge in [-0.1, -0.05) is 36.4 Å². The Hall–Kier alpha value is -3.28. The average molecular weight is 334 g/mol. The molecule has 1 atom stereocenters. The van der Waals surface area contributed by atoms with Crippen LogP contribution in [-0.2, 0) is 6.54 Å². The molecule has 0 radical (unpaired) electrons. The van der Waals surface area contributed by atoms with Crippen molar-refractivity contribution < 1.29 is 4.79 Å². The Balaban J connectivity index is 1.77. The van der Waals surface area contributed by atoms with Crippen molar-refractivity contribution in [1.29, 1.82) is 0 Å². The van der Waals surface area contributed by atoms with E-state index in [1.54, 1.807) is 6.20 Å². The Kier molecular flexibility index (Phi) is 4.99. The first-order valence-electron chi connectivity index (χ1n) is 7.97. The van der Waals surface area contributed by atoms with Crippen molar-refractivity contribution in [2.75, 3.05) is 0 Å². The molecule has 1 aromatic carbocycles. The molecule has 0 saturated heterocycles. The molecule has 0 unspecified atom stereocenters. The molecule has 0 aliphatic heterocycles. The van der Waals surface area contributed by atoms with Gasteiger partial charge in [0.1, 0.15) is 5.69 Å². The van der Waals surface area contributed by atoms with E-state index < -0.39 is 0 Å². The lowest BCUT2D eigenvalue weighted by Crippen LogP contribution is -2.31. The number of amides is 1. The molecule has 0 saturated carbocycles. The topological polar surface area (TPSA) is 76.9 Å². The summed E-state index contributed by atoms with van der Waals surface area (Å²) in [6.45, 7) is 2.16. The van der Waals surface area contributed by atoms with Gasteiger partial charge in [0.05, 0.1) is 18.3 Å². The fraction of sp³-hybridized carbons (Fsp3) is 0.158. The number of carbonyl (C=O) groups is 1. The first kappa shape index (κ1) is 16.6. The smallest absolute Gasteiger partial charge is 0.272 e. The molecule has 0 fully saturated rings. The maximum atomic E-state index is 12.4. The second kappa shape index (κ2) is 7.53. The second-order valence-electron chi connectivity index (χ2n) is 5.65. The summed E-state index contributed by atoms with van der Waals surface area (Å²) in [7, 11) is 0. The predicted molar refractivity (Wildman–Crippen MR) is 94.2 cm³/mol. The van der Waals surface area contributed by atoms with Gasteiger partial charge in [-0.25, -0.2) is 4.68 Å². The van der Waals surface area contributed by atoms with E-state index in [9.17, 15) is 9.59 Å². The lowest BCUT2D eigenvalue weighted by atomic mass is 10.2. The van der Waals surface area contributed by atoms with Crippen LogP contribution < -0.4 is 10.9 Å². The predicted octanol–water partition coefficient (Wildman–Crippen LogP) is 2.18. The SMILES string of the molecule is C[C@H](NC(=O)c1ccc(=O)n(Cc2ccccc2)n1)c1ccccn1. The summed E-state index contributed by atoms with van der Waals surface area (Å²) in [5, 5.41) is 7.03. The van der Waals surface area contributed by atoms with Crippen LogP contribution in [0.5, 0.6) is 0 Å². The van der Waals surface area contributed by atoms with Gasteiger partial charge >= 0.3 is 0 Å². The monoisotopic (exact) mass is 334 g/mol. The lowest BCUT2D eigenvalue weighted by molar-refractivity contribution is 0.0931. The number of aromatic nitrogens is 3. The maximum absolute atomic E-state index is 12.4. The normalized spacial score (nSPS) is 11.7. The van der Waals surface area contributed by atoms with Crippen LogP contribution in [0.2, 0.25) is 0 Å². The van der Waals surface area contributed by atoms with E-state index in [0.29, 0.717) is 6.54 Å². The fourth-order valence-electron chi connectivity index (χ4n) is 2.42. The number of rotatable bonds is 5. The molecule has 6 heteroatoms. The third kappa shape index (κ3) is 4.17. The number of nitrogens with zero attached hydrogens (tertiary/aromatic N) is 3. The molecule has 0 aliphatic rings. The first-order valence-corrected chi connectivity index (χ1v) is 7.97. The zero-order valence-corrected chi connectivity index (χ0v) is 13.8. The number of hydrogen-bond donors (Lipinski definition) is 1. The number of nitrogens with one attached hydrogen (secondary N) is 1. The Bertz CT molecular complexity index is 907. The van der Waals surface area contributed by atoms with Crippen molar-refractivity contribution in [3.05, 3.63) is 94.2 Å². The van der Waals surface area contributed by atoms with Gasteiger partial charge in [-0.05, 0) is 30.7 Å². The van der Waals surface area contributed by atoms with Crippen LogP contribution in [-0.4, -0.2) is 20.7 Å². The molecule has 1 amide bonds. The van der Waals surface area contributed by atoms with Gasteiger partial charge < -0.3 is 5.32 Å². The van der Waals surface area contributed by atoms with Gasteiger partial charge in [-0.3, -0.25) is 14.6 Å². The molecule has 3 rings (SSSR count). The summed E-state index contributed by atoms with van der Waals surface area (Å²) in [6.07, 6.45) is 1.68. The van der Waals surface area contributed by atoms with E-state index in [0.717, 1.165) is 11.3 Å². The van der Waals surface area contributed by atoms with Gasteiger partial charge in [0.2, 0.25) is 0 Å². The summed E-state index contributed by atoms with van der Waals surface area (Å²) in [5.41, 5.74) is 1.64. The molecule has 0 aliphatic carbocycles. The third-order valence-corrected chi connectivity index (χ3v) is 3.75. The fourth-order valence-corrected chi connectivity index (χ4v) is 2.42. The molecular formula is C19H18N4O2. The standard InChI is InChI=1S/C19H18N4O2/c1-14(16-9-5-6-12-20-16)21-19(25)17-10-11-18(24)23(22-17)13-15-7-3-2-4-8-15/h2-12,14H,13H2,1H3,(H,21,25)/t14-/m0/s1. The number of pyridine rings is 1. The van der Waals surface area contributed by atoms with Crippen molar-refractivity contribution in [1.82, 2.24) is 20.1 Å². The molecule has 1 N–H and O–H groups in total. The van der Waals surface area contributed by atoms with Crippen LogP contribution in [0.3, 0.4) is 0 Å². The number of hydrogen-bond acceptors (Lipinski definition) is 4. The van der Waals surface area contributed by atoms with Crippen LogP contribution in [0.4, 0.5) is 0 Å². The number of carbonyl (C=O) groups excluding carboxylic acids is 1. The van der Waals surface area contributed by atoms with Crippen LogP contribution in [0, 0.1) is 0 Å². The van der Waals surface area contributed by atoms with Gasteiger partial charge in [-0.2, -0.15) is 5.10 Å². The zero-order chi connectivity index (χ0) is 17.6. The van der Waals surface area contributed by atoms with E-state index in [1.807, 2.05) is 55.5 Å². The van der Waals surface area contributed by atoms with Crippen molar-refractivity contribution in [2.45, 2.75) is 19.5 Å². The zero-order valence-electron chi connectivity index (χ0n) is 13.8. The highest BCUT2D eigenvalue weighted by Gasteiger charge is 2.14. The first-order chi connectivity index (χ1) is 12.1. The van der Waals surface area contributed by atoms with Gasteiger partial charge in [0.25, 0.3) is 11.5 Å². The Morgan fingerprint density at radius 2 is 1.84 bits per heavy atom. The highest BCUT2D eigenvalue weighted by atomic mass is 16.2. The average Bonchev–Trinajstić information content (AvgIpc) is 2.65. The highest BCUT2D eigenvalue weighted by molar-refractivity contribution is 5.92. The Morgan fingerprint density at radius 1 is 1.08 bits per heavy atom. The van der Waals surface area contributed by atoms with E-state index >= 15 is 0 Å². The van der Waals surface area contributed by atoms with Crippen LogP contribution in [0.15, 0.2) is 71.7 Å². The lowest BCUT2D eigenvalue weighted by Gasteiger charge is -2.13. The minimum absolute atomic E-state index is 0.193. The summed E-state index contributed by atoms with van der Waals surface area (Å²) in [4.78, 5) is 28.7. The Morgan fingerprint density at radius 3 is 2.56 bits per heavy atom. The molecule has 25 heavy (non-hydrogen) atoms. The quantitative estimate of drug-likeness (QED) is 0.776. The largest absolute Gasteiger partial charge is 0.343 e. The van der Waals surface area contributed by atoms with Crippen LogP contribution in [0.25, 0.3) is 0 Å². The van der Waals surface area contributed by atoms with Crippen molar-refractivity contribution >= 4 is 5.91 Å². The molecule has 2 aromatic heterocycles. The summed E-state index contributed by atoms with van der Waals surface area (Å²) in [6, 6.07) is 17.6. The third-order valence-electron chi connectivity index (χ3n) is 3.75. The summed E-state index contributed by atoms with van der Waals surface area (Å²) in [5.74, 6) is -0.347. The number of benzene rings is 1. The highest BCUT2D eigenvalue weighted by Crippen LogP contribution is 2.08. The van der Waals surface area contributed by atoms with Gasteiger partial charge in [0, 0.05) is 12.3 Å².